The van der Waals surface area contributed by atoms with Crippen LogP contribution in [0.5, 0.6) is 5.75 Å². The van der Waals surface area contributed by atoms with E-state index in [1.807, 2.05) is 0 Å². The Balaban J connectivity index is 2.01. The van der Waals surface area contributed by atoms with Gasteiger partial charge in [-0.2, -0.15) is 0 Å². The maximum Gasteiger partial charge on any atom is 0.311 e. The lowest BCUT2D eigenvalue weighted by atomic mass is 10.1. The number of ether oxygens (including phenoxy) is 1. The number of amides is 1. The lowest BCUT2D eigenvalue weighted by Crippen LogP contribution is -2.31. The van der Waals surface area contributed by atoms with Gasteiger partial charge < -0.3 is 10.1 Å². The van der Waals surface area contributed by atoms with Crippen LogP contribution in [0.1, 0.15) is 18.5 Å². The number of nitro benzene ring substituents is 1. The van der Waals surface area contributed by atoms with Gasteiger partial charge in [0.2, 0.25) is 5.75 Å². The third-order valence-electron chi connectivity index (χ3n) is 3.28. The van der Waals surface area contributed by atoms with Crippen LogP contribution in [-0.4, -0.2) is 17.4 Å². The molecule has 2 aromatic carbocycles. The molecule has 1 atom stereocenters. The van der Waals surface area contributed by atoms with Gasteiger partial charge in [-0.1, -0.05) is 29.3 Å². The van der Waals surface area contributed by atoms with E-state index in [9.17, 15) is 19.3 Å². The summed E-state index contributed by atoms with van der Waals surface area (Å²) in [6.45, 7) is 1.19. The van der Waals surface area contributed by atoms with Gasteiger partial charge in [0.1, 0.15) is 5.82 Å². The van der Waals surface area contributed by atoms with Crippen molar-refractivity contribution in [2.45, 2.75) is 13.0 Å². The van der Waals surface area contributed by atoms with Gasteiger partial charge in [0, 0.05) is 22.2 Å². The molecule has 0 saturated carbocycles. The number of nitro groups is 1. The molecule has 0 aromatic heterocycles. The second kappa shape index (κ2) is 8.13. The highest BCUT2D eigenvalue weighted by Crippen LogP contribution is 2.28. The third kappa shape index (κ3) is 5.04. The predicted molar refractivity (Wildman–Crippen MR) is 91.6 cm³/mol. The molecule has 0 aliphatic rings. The highest BCUT2D eigenvalue weighted by atomic mass is 35.5. The average molecular weight is 387 g/mol. The molecule has 0 aliphatic carbocycles. The maximum absolute atomic E-state index is 13.2. The fraction of sp³-hybridized carbons (Fsp3) is 0.188. The van der Waals surface area contributed by atoms with E-state index in [1.165, 1.54) is 0 Å². The number of nitrogens with one attached hydrogen (secondary N) is 1. The summed E-state index contributed by atoms with van der Waals surface area (Å²) in [5, 5.41) is 14.4. The first kappa shape index (κ1) is 19.0. The smallest absolute Gasteiger partial charge is 0.311 e. The van der Waals surface area contributed by atoms with E-state index in [0.717, 1.165) is 18.2 Å². The van der Waals surface area contributed by atoms with Crippen LogP contribution in [-0.2, 0) is 4.79 Å². The number of benzene rings is 2. The number of hydrogen-bond donors (Lipinski definition) is 1. The predicted octanol–water partition coefficient (Wildman–Crippen LogP) is 4.30. The average Bonchev–Trinajstić information content (AvgIpc) is 2.52. The summed E-state index contributed by atoms with van der Waals surface area (Å²) in [6, 6.07) is 7.18. The van der Waals surface area contributed by atoms with Gasteiger partial charge >= 0.3 is 5.69 Å². The Kier molecular flexibility index (Phi) is 6.17. The molecule has 2 aromatic rings. The highest BCUT2D eigenvalue weighted by Gasteiger charge is 2.18. The first-order chi connectivity index (χ1) is 11.8. The molecule has 1 N–H and O–H groups in total. The maximum atomic E-state index is 13.2. The van der Waals surface area contributed by atoms with Gasteiger partial charge in [-0.3, -0.25) is 14.9 Å². The number of carbonyl (C=O) groups excluding carboxylic acids is 1. The summed E-state index contributed by atoms with van der Waals surface area (Å²) in [5.41, 5.74) is 0.221. The van der Waals surface area contributed by atoms with Gasteiger partial charge in [-0.15, -0.1) is 0 Å². The molecule has 9 heteroatoms. The van der Waals surface area contributed by atoms with Crippen LogP contribution in [0.2, 0.25) is 10.0 Å². The molecular formula is C16H13Cl2FN2O4. The zero-order valence-corrected chi connectivity index (χ0v) is 14.5. The lowest BCUT2D eigenvalue weighted by molar-refractivity contribution is -0.385. The standard InChI is InChI=1S/C16H13Cl2FN2O4/c1-9(12-4-2-10(17)6-13(12)18)20-16(22)8-25-15-7-11(19)3-5-14(15)21(23)24/h2-7,9H,8H2,1H3,(H,20,22). The molecule has 0 radical (unpaired) electrons. The van der Waals surface area contributed by atoms with Crippen LogP contribution in [0.4, 0.5) is 10.1 Å². The van der Waals surface area contributed by atoms with E-state index in [-0.39, 0.29) is 5.75 Å². The fourth-order valence-electron chi connectivity index (χ4n) is 2.11. The van der Waals surface area contributed by atoms with Crippen LogP contribution >= 0.6 is 23.2 Å². The number of carbonyl (C=O) groups is 1. The Bertz CT molecular complexity index is 817. The van der Waals surface area contributed by atoms with Gasteiger partial charge in [0.05, 0.1) is 11.0 Å². The molecule has 0 aliphatic heterocycles. The van der Waals surface area contributed by atoms with Crippen molar-refractivity contribution in [1.29, 1.82) is 0 Å². The molecular weight excluding hydrogens is 374 g/mol. The summed E-state index contributed by atoms with van der Waals surface area (Å²) in [6.07, 6.45) is 0. The van der Waals surface area contributed by atoms with Crippen LogP contribution in [0.25, 0.3) is 0 Å². The van der Waals surface area contributed by atoms with Crippen LogP contribution in [0, 0.1) is 15.9 Å². The van der Waals surface area contributed by atoms with Crippen LogP contribution < -0.4 is 10.1 Å². The Morgan fingerprint density at radius 3 is 2.68 bits per heavy atom. The summed E-state index contributed by atoms with van der Waals surface area (Å²) in [5.74, 6) is -1.57. The topological polar surface area (TPSA) is 81.5 Å². The Morgan fingerprint density at radius 1 is 1.32 bits per heavy atom. The minimum Gasteiger partial charge on any atom is -0.477 e. The van der Waals surface area contributed by atoms with Crippen molar-refractivity contribution in [1.82, 2.24) is 5.32 Å². The zero-order chi connectivity index (χ0) is 18.6. The molecule has 0 spiro atoms. The van der Waals surface area contributed by atoms with Crippen molar-refractivity contribution in [3.05, 3.63) is 67.9 Å². The Morgan fingerprint density at radius 2 is 2.04 bits per heavy atom. The molecule has 0 fully saturated rings. The molecule has 0 heterocycles. The van der Waals surface area contributed by atoms with E-state index in [4.69, 9.17) is 27.9 Å². The Hall–Kier alpha value is -2.38. The molecule has 0 bridgehead atoms. The minimum atomic E-state index is -0.719. The van der Waals surface area contributed by atoms with E-state index in [0.29, 0.717) is 15.6 Å². The fourth-order valence-corrected chi connectivity index (χ4v) is 2.68. The molecule has 2 rings (SSSR count). The third-order valence-corrected chi connectivity index (χ3v) is 3.85. The van der Waals surface area contributed by atoms with Gasteiger partial charge in [-0.25, -0.2) is 4.39 Å². The number of nitrogens with zero attached hydrogens (tertiary/aromatic N) is 1. The van der Waals surface area contributed by atoms with Gasteiger partial charge in [-0.05, 0) is 30.7 Å². The second-order valence-electron chi connectivity index (χ2n) is 5.11. The molecule has 6 nitrogen and oxygen atoms in total. The Labute approximate surface area is 152 Å². The first-order valence-corrected chi connectivity index (χ1v) is 7.84. The molecule has 1 amide bonds. The summed E-state index contributed by atoms with van der Waals surface area (Å²) in [7, 11) is 0. The van der Waals surface area contributed by atoms with Crippen LogP contribution in [0.3, 0.4) is 0 Å². The molecule has 132 valence electrons. The van der Waals surface area contributed by atoms with Crippen molar-refractivity contribution < 1.29 is 18.8 Å². The monoisotopic (exact) mass is 386 g/mol. The van der Waals surface area contributed by atoms with Gasteiger partial charge in [0.25, 0.3) is 5.91 Å². The number of hydrogen-bond acceptors (Lipinski definition) is 4. The summed E-state index contributed by atoms with van der Waals surface area (Å²) in [4.78, 5) is 22.1. The van der Waals surface area contributed by atoms with Crippen molar-refractivity contribution in [3.63, 3.8) is 0 Å². The van der Waals surface area contributed by atoms with Crippen molar-refractivity contribution in [2.75, 3.05) is 6.61 Å². The van der Waals surface area contributed by atoms with Gasteiger partial charge in [0.15, 0.2) is 6.61 Å². The van der Waals surface area contributed by atoms with E-state index >= 15 is 0 Å². The lowest BCUT2D eigenvalue weighted by Gasteiger charge is -2.16. The summed E-state index contributed by atoms with van der Waals surface area (Å²) >= 11 is 11.9. The number of rotatable bonds is 6. The minimum absolute atomic E-state index is 0.322. The second-order valence-corrected chi connectivity index (χ2v) is 5.96. The van der Waals surface area contributed by atoms with E-state index < -0.39 is 35.0 Å². The highest BCUT2D eigenvalue weighted by molar-refractivity contribution is 6.35. The van der Waals surface area contributed by atoms with E-state index in [2.05, 4.69) is 5.32 Å². The van der Waals surface area contributed by atoms with Crippen molar-refractivity contribution >= 4 is 34.8 Å². The van der Waals surface area contributed by atoms with E-state index in [1.54, 1.807) is 25.1 Å². The first-order valence-electron chi connectivity index (χ1n) is 7.09. The molecule has 0 saturated heterocycles. The SMILES string of the molecule is CC(NC(=O)COc1cc(F)ccc1[N+](=O)[O-])c1ccc(Cl)cc1Cl. The zero-order valence-electron chi connectivity index (χ0n) is 13.0. The molecule has 25 heavy (non-hydrogen) atoms. The van der Waals surface area contributed by atoms with Crippen LogP contribution in [0.15, 0.2) is 36.4 Å². The summed E-state index contributed by atoms with van der Waals surface area (Å²) < 4.78 is 18.3. The molecule has 1 unspecified atom stereocenters. The van der Waals surface area contributed by atoms with Crippen molar-refractivity contribution in [3.8, 4) is 5.75 Å². The quantitative estimate of drug-likeness (QED) is 0.592. The largest absolute Gasteiger partial charge is 0.477 e. The number of halogens is 3. The van der Waals surface area contributed by atoms with Crippen molar-refractivity contribution in [2.24, 2.45) is 0 Å². The normalized spacial score (nSPS) is 11.7.